The van der Waals surface area contributed by atoms with E-state index in [1.165, 1.54) is 18.2 Å². The third-order valence-corrected chi connectivity index (χ3v) is 2.18. The number of halogens is 5. The molecular weight excluding hydrogens is 310 g/mol. The minimum absolute atomic E-state index is 0. The lowest BCUT2D eigenvalue weighted by molar-refractivity contribution is -0.274. The molecule has 1 atom stereocenters. The number of benzene rings is 1. The minimum atomic E-state index is -4.70. The standard InChI is InChI=1S/C9H9BrF3NO.ClH/c1-5(14)7-4-6(10)2-3-8(7)15-9(11,12)13;/h2-5H,14H2,1H3;1H/t5-;/m0./s1. The van der Waals surface area contributed by atoms with E-state index >= 15 is 0 Å². The highest BCUT2D eigenvalue weighted by atomic mass is 79.9. The molecule has 1 rings (SSSR count). The molecule has 2 N–H and O–H groups in total. The van der Waals surface area contributed by atoms with Crippen LogP contribution in [-0.2, 0) is 0 Å². The first kappa shape index (κ1) is 15.5. The summed E-state index contributed by atoms with van der Waals surface area (Å²) in [6, 6.07) is 3.68. The molecule has 0 aliphatic carbocycles. The van der Waals surface area contributed by atoms with Crippen molar-refractivity contribution in [3.63, 3.8) is 0 Å². The lowest BCUT2D eigenvalue weighted by Gasteiger charge is -2.15. The predicted molar refractivity (Wildman–Crippen MR) is 60.7 cm³/mol. The Morgan fingerprint density at radius 2 is 1.94 bits per heavy atom. The average molecular weight is 321 g/mol. The van der Waals surface area contributed by atoms with Crippen molar-refractivity contribution in [3.8, 4) is 5.75 Å². The Labute approximate surface area is 105 Å². The van der Waals surface area contributed by atoms with Gasteiger partial charge in [-0.2, -0.15) is 0 Å². The van der Waals surface area contributed by atoms with Gasteiger partial charge in [-0.1, -0.05) is 15.9 Å². The summed E-state index contributed by atoms with van der Waals surface area (Å²) in [4.78, 5) is 0. The highest BCUT2D eigenvalue weighted by Crippen LogP contribution is 2.31. The molecule has 0 spiro atoms. The van der Waals surface area contributed by atoms with Crippen molar-refractivity contribution in [1.82, 2.24) is 0 Å². The predicted octanol–water partition coefficient (Wildman–Crippen LogP) is 3.79. The number of ether oxygens (including phenoxy) is 1. The Morgan fingerprint density at radius 3 is 2.38 bits per heavy atom. The fourth-order valence-corrected chi connectivity index (χ4v) is 1.47. The second kappa shape index (κ2) is 5.75. The summed E-state index contributed by atoms with van der Waals surface area (Å²) in [7, 11) is 0. The molecule has 0 saturated carbocycles. The van der Waals surface area contributed by atoms with Gasteiger partial charge in [0.05, 0.1) is 0 Å². The van der Waals surface area contributed by atoms with E-state index in [4.69, 9.17) is 5.73 Å². The van der Waals surface area contributed by atoms with Gasteiger partial charge in [-0.15, -0.1) is 25.6 Å². The molecule has 0 aliphatic heterocycles. The number of alkyl halides is 3. The van der Waals surface area contributed by atoms with Crippen LogP contribution in [-0.4, -0.2) is 6.36 Å². The van der Waals surface area contributed by atoms with E-state index < -0.39 is 12.4 Å². The molecule has 1 aromatic carbocycles. The van der Waals surface area contributed by atoms with Gasteiger partial charge < -0.3 is 10.5 Å². The minimum Gasteiger partial charge on any atom is -0.405 e. The zero-order chi connectivity index (χ0) is 11.6. The zero-order valence-electron chi connectivity index (χ0n) is 8.22. The van der Waals surface area contributed by atoms with E-state index in [-0.39, 0.29) is 18.2 Å². The summed E-state index contributed by atoms with van der Waals surface area (Å²) in [5.74, 6) is -0.263. The van der Waals surface area contributed by atoms with Crippen LogP contribution in [0.4, 0.5) is 13.2 Å². The first-order valence-electron chi connectivity index (χ1n) is 4.10. The first-order valence-corrected chi connectivity index (χ1v) is 4.89. The Morgan fingerprint density at radius 1 is 1.38 bits per heavy atom. The molecule has 0 unspecified atom stereocenters. The van der Waals surface area contributed by atoms with Crippen LogP contribution in [0.25, 0.3) is 0 Å². The maximum atomic E-state index is 12.0. The molecule has 0 fully saturated rings. The molecule has 1 aromatic rings. The topological polar surface area (TPSA) is 35.2 Å². The van der Waals surface area contributed by atoms with Crippen molar-refractivity contribution < 1.29 is 17.9 Å². The third kappa shape index (κ3) is 4.59. The van der Waals surface area contributed by atoms with E-state index in [0.29, 0.717) is 10.0 Å². The van der Waals surface area contributed by atoms with E-state index in [9.17, 15) is 13.2 Å². The lowest BCUT2D eigenvalue weighted by atomic mass is 10.1. The van der Waals surface area contributed by atoms with Crippen molar-refractivity contribution in [2.45, 2.75) is 19.3 Å². The van der Waals surface area contributed by atoms with E-state index in [1.807, 2.05) is 0 Å². The Kier molecular flexibility index (Phi) is 5.58. The maximum absolute atomic E-state index is 12.0. The largest absolute Gasteiger partial charge is 0.573 e. The fraction of sp³-hybridized carbons (Fsp3) is 0.333. The smallest absolute Gasteiger partial charge is 0.405 e. The fourth-order valence-electron chi connectivity index (χ4n) is 1.09. The number of hydrogen-bond donors (Lipinski definition) is 1. The monoisotopic (exact) mass is 319 g/mol. The highest BCUT2D eigenvalue weighted by molar-refractivity contribution is 9.10. The Balaban J connectivity index is 0.00000225. The van der Waals surface area contributed by atoms with Crippen molar-refractivity contribution in [2.75, 3.05) is 0 Å². The van der Waals surface area contributed by atoms with Gasteiger partial charge in [-0.3, -0.25) is 0 Å². The summed E-state index contributed by atoms with van der Waals surface area (Å²) in [6.45, 7) is 1.59. The Hall–Kier alpha value is -0.460. The maximum Gasteiger partial charge on any atom is 0.573 e. The molecule has 0 aromatic heterocycles. The van der Waals surface area contributed by atoms with Crippen LogP contribution in [0.5, 0.6) is 5.75 Å². The lowest BCUT2D eigenvalue weighted by Crippen LogP contribution is -2.19. The van der Waals surface area contributed by atoms with E-state index in [1.54, 1.807) is 6.92 Å². The molecule has 0 heterocycles. The van der Waals surface area contributed by atoms with Crippen LogP contribution < -0.4 is 10.5 Å². The Bertz CT molecular complexity index is 357. The summed E-state index contributed by atoms with van der Waals surface area (Å²) in [5.41, 5.74) is 5.84. The van der Waals surface area contributed by atoms with E-state index in [0.717, 1.165) is 0 Å². The van der Waals surface area contributed by atoms with Gasteiger partial charge in [0.2, 0.25) is 0 Å². The van der Waals surface area contributed by atoms with Crippen LogP contribution in [0.2, 0.25) is 0 Å². The summed E-state index contributed by atoms with van der Waals surface area (Å²) < 4.78 is 40.5. The van der Waals surface area contributed by atoms with Crippen LogP contribution in [0.1, 0.15) is 18.5 Å². The molecule has 0 saturated heterocycles. The third-order valence-electron chi connectivity index (χ3n) is 1.69. The van der Waals surface area contributed by atoms with Gasteiger partial charge >= 0.3 is 6.36 Å². The summed E-state index contributed by atoms with van der Waals surface area (Å²) in [5, 5.41) is 0. The number of rotatable bonds is 2. The van der Waals surface area contributed by atoms with Crippen LogP contribution in [0.3, 0.4) is 0 Å². The molecule has 0 bridgehead atoms. The number of hydrogen-bond acceptors (Lipinski definition) is 2. The molecule has 0 radical (unpaired) electrons. The average Bonchev–Trinajstić information content (AvgIpc) is 2.05. The molecule has 92 valence electrons. The molecule has 16 heavy (non-hydrogen) atoms. The highest BCUT2D eigenvalue weighted by Gasteiger charge is 2.32. The van der Waals surface area contributed by atoms with Crippen molar-refractivity contribution in [2.24, 2.45) is 5.73 Å². The molecule has 0 amide bonds. The second-order valence-corrected chi connectivity index (χ2v) is 3.93. The van der Waals surface area contributed by atoms with Gasteiger partial charge in [0.15, 0.2) is 0 Å². The normalized spacial score (nSPS) is 12.9. The molecular formula is C9H10BrClF3NO. The van der Waals surface area contributed by atoms with Crippen LogP contribution >= 0.6 is 28.3 Å². The summed E-state index contributed by atoms with van der Waals surface area (Å²) in [6.07, 6.45) is -4.70. The van der Waals surface area contributed by atoms with Crippen LogP contribution in [0.15, 0.2) is 22.7 Å². The molecule has 0 aliphatic rings. The number of nitrogens with two attached hydrogens (primary N) is 1. The second-order valence-electron chi connectivity index (χ2n) is 3.02. The van der Waals surface area contributed by atoms with E-state index in [2.05, 4.69) is 20.7 Å². The van der Waals surface area contributed by atoms with Gasteiger partial charge in [0.25, 0.3) is 0 Å². The summed E-state index contributed by atoms with van der Waals surface area (Å²) >= 11 is 3.15. The SMILES string of the molecule is C[C@H](N)c1cc(Br)ccc1OC(F)(F)F.Cl. The van der Waals surface area contributed by atoms with Gasteiger partial charge in [-0.25, -0.2) is 0 Å². The van der Waals surface area contributed by atoms with Gasteiger partial charge in [0.1, 0.15) is 5.75 Å². The first-order chi connectivity index (χ1) is 6.79. The van der Waals surface area contributed by atoms with Gasteiger partial charge in [-0.05, 0) is 25.1 Å². The van der Waals surface area contributed by atoms with Crippen LogP contribution in [0, 0.1) is 0 Å². The molecule has 2 nitrogen and oxygen atoms in total. The quantitative estimate of drug-likeness (QED) is 0.900. The van der Waals surface area contributed by atoms with Crippen molar-refractivity contribution in [3.05, 3.63) is 28.2 Å². The van der Waals surface area contributed by atoms with Gasteiger partial charge in [0, 0.05) is 16.1 Å². The zero-order valence-corrected chi connectivity index (χ0v) is 10.6. The van der Waals surface area contributed by atoms with Crippen molar-refractivity contribution in [1.29, 1.82) is 0 Å². The molecule has 7 heteroatoms. The van der Waals surface area contributed by atoms with Crippen molar-refractivity contribution >= 4 is 28.3 Å².